The molecule has 0 radical (unpaired) electrons. The third kappa shape index (κ3) is 2.82. The Labute approximate surface area is 119 Å². The van der Waals surface area contributed by atoms with E-state index in [2.05, 4.69) is 0 Å². The highest BCUT2D eigenvalue weighted by Crippen LogP contribution is 2.23. The predicted octanol–water partition coefficient (Wildman–Crippen LogP) is 3.32. The number of carbonyl (C=O) groups excluding carboxylic acids is 1. The molecule has 0 atom stereocenters. The smallest absolute Gasteiger partial charge is 0.169 e. The van der Waals surface area contributed by atoms with Crippen LogP contribution in [-0.4, -0.2) is 12.9 Å². The maximum absolute atomic E-state index is 12.5. The summed E-state index contributed by atoms with van der Waals surface area (Å²) in [6, 6.07) is 11.2. The van der Waals surface area contributed by atoms with E-state index in [0.29, 0.717) is 23.4 Å². The summed E-state index contributed by atoms with van der Waals surface area (Å²) in [6.07, 6.45) is 0.357. The normalized spacial score (nSPS) is 10.3. The molecule has 0 fully saturated rings. The first-order valence-electron chi connectivity index (χ1n) is 6.54. The number of methoxy groups -OCH3 is 1. The van der Waals surface area contributed by atoms with Crippen molar-refractivity contribution in [1.29, 1.82) is 0 Å². The number of anilines is 1. The molecule has 0 saturated heterocycles. The minimum absolute atomic E-state index is 0.0128. The molecule has 2 rings (SSSR count). The van der Waals surface area contributed by atoms with E-state index in [9.17, 15) is 4.79 Å². The summed E-state index contributed by atoms with van der Waals surface area (Å²) in [5.41, 5.74) is 10.2. The minimum atomic E-state index is 0.0128. The second-order valence-corrected chi connectivity index (χ2v) is 4.92. The van der Waals surface area contributed by atoms with E-state index in [-0.39, 0.29) is 5.78 Å². The van der Waals surface area contributed by atoms with Crippen molar-refractivity contribution in [2.24, 2.45) is 0 Å². The highest BCUT2D eigenvalue weighted by molar-refractivity contribution is 6.02. The Bertz CT molecular complexity index is 627. The van der Waals surface area contributed by atoms with E-state index in [1.165, 1.54) is 0 Å². The minimum Gasteiger partial charge on any atom is -0.497 e. The van der Waals surface area contributed by atoms with E-state index in [1.807, 2.05) is 32.0 Å². The van der Waals surface area contributed by atoms with Crippen LogP contribution in [0, 0.1) is 13.8 Å². The number of ether oxygens (including phenoxy) is 1. The average molecular weight is 269 g/mol. The molecular formula is C17H19NO2. The van der Waals surface area contributed by atoms with Gasteiger partial charge < -0.3 is 10.5 Å². The van der Waals surface area contributed by atoms with Gasteiger partial charge in [0.1, 0.15) is 5.75 Å². The topological polar surface area (TPSA) is 52.3 Å². The van der Waals surface area contributed by atoms with Crippen molar-refractivity contribution in [3.05, 3.63) is 58.7 Å². The van der Waals surface area contributed by atoms with Gasteiger partial charge in [-0.15, -0.1) is 0 Å². The van der Waals surface area contributed by atoms with Crippen LogP contribution in [0.3, 0.4) is 0 Å². The van der Waals surface area contributed by atoms with Crippen LogP contribution in [0.4, 0.5) is 5.69 Å². The highest BCUT2D eigenvalue weighted by atomic mass is 16.5. The zero-order valence-corrected chi connectivity index (χ0v) is 12.1. The maximum atomic E-state index is 12.5. The van der Waals surface area contributed by atoms with Gasteiger partial charge in [-0.1, -0.05) is 18.2 Å². The van der Waals surface area contributed by atoms with Crippen LogP contribution < -0.4 is 10.5 Å². The average Bonchev–Trinajstić information content (AvgIpc) is 2.43. The Kier molecular flexibility index (Phi) is 4.08. The van der Waals surface area contributed by atoms with Crippen molar-refractivity contribution in [3.63, 3.8) is 0 Å². The molecular weight excluding hydrogens is 250 g/mol. The van der Waals surface area contributed by atoms with E-state index in [1.54, 1.807) is 25.3 Å². The molecule has 0 aliphatic heterocycles. The summed E-state index contributed by atoms with van der Waals surface area (Å²) in [5.74, 6) is 0.655. The number of benzene rings is 2. The molecule has 104 valence electrons. The molecule has 0 amide bonds. The monoisotopic (exact) mass is 269 g/mol. The Morgan fingerprint density at radius 2 is 1.80 bits per heavy atom. The van der Waals surface area contributed by atoms with E-state index < -0.39 is 0 Å². The standard InChI is InChI=1S/C17H19NO2/c1-11-5-4-6-12(2)14(11)10-17(19)15-9-13(20-3)7-8-16(15)18/h4-9H,10,18H2,1-3H3. The Hall–Kier alpha value is -2.29. The van der Waals surface area contributed by atoms with Gasteiger partial charge in [0.25, 0.3) is 0 Å². The summed E-state index contributed by atoms with van der Waals surface area (Å²) in [5, 5.41) is 0. The second kappa shape index (κ2) is 5.78. The Morgan fingerprint density at radius 1 is 1.15 bits per heavy atom. The molecule has 0 unspecified atom stereocenters. The molecule has 2 aromatic carbocycles. The van der Waals surface area contributed by atoms with Gasteiger partial charge in [-0.2, -0.15) is 0 Å². The van der Waals surface area contributed by atoms with Gasteiger partial charge in [0.05, 0.1) is 7.11 Å². The van der Waals surface area contributed by atoms with E-state index >= 15 is 0 Å². The van der Waals surface area contributed by atoms with E-state index in [0.717, 1.165) is 16.7 Å². The SMILES string of the molecule is COc1ccc(N)c(C(=O)Cc2c(C)cccc2C)c1. The van der Waals surface area contributed by atoms with Crippen LogP contribution >= 0.6 is 0 Å². The summed E-state index contributed by atoms with van der Waals surface area (Å²) >= 11 is 0. The van der Waals surface area contributed by atoms with Crippen molar-refractivity contribution in [2.45, 2.75) is 20.3 Å². The maximum Gasteiger partial charge on any atom is 0.169 e. The van der Waals surface area contributed by atoms with E-state index in [4.69, 9.17) is 10.5 Å². The highest BCUT2D eigenvalue weighted by Gasteiger charge is 2.14. The second-order valence-electron chi connectivity index (χ2n) is 4.92. The fourth-order valence-electron chi connectivity index (χ4n) is 2.29. The molecule has 0 spiro atoms. The van der Waals surface area contributed by atoms with Gasteiger partial charge in [-0.25, -0.2) is 0 Å². The number of nitrogen functional groups attached to an aromatic ring is 1. The molecule has 3 heteroatoms. The largest absolute Gasteiger partial charge is 0.497 e. The first-order chi connectivity index (χ1) is 9.52. The van der Waals surface area contributed by atoms with Crippen molar-refractivity contribution in [2.75, 3.05) is 12.8 Å². The van der Waals surface area contributed by atoms with Crippen molar-refractivity contribution in [3.8, 4) is 5.75 Å². The third-order valence-corrected chi connectivity index (χ3v) is 3.54. The Morgan fingerprint density at radius 3 is 2.40 bits per heavy atom. The lowest BCUT2D eigenvalue weighted by atomic mass is 9.95. The lowest BCUT2D eigenvalue weighted by Gasteiger charge is -2.11. The van der Waals surface area contributed by atoms with Gasteiger partial charge in [0.2, 0.25) is 0 Å². The molecule has 0 aromatic heterocycles. The molecule has 2 N–H and O–H groups in total. The van der Waals surface area contributed by atoms with Crippen LogP contribution in [0.5, 0.6) is 5.75 Å². The molecule has 0 bridgehead atoms. The van der Waals surface area contributed by atoms with Crippen LogP contribution in [0.25, 0.3) is 0 Å². The van der Waals surface area contributed by atoms with Crippen molar-refractivity contribution < 1.29 is 9.53 Å². The van der Waals surface area contributed by atoms with Gasteiger partial charge in [0, 0.05) is 17.7 Å². The number of hydrogen-bond donors (Lipinski definition) is 1. The predicted molar refractivity (Wildman–Crippen MR) is 81.4 cm³/mol. The molecule has 0 aliphatic rings. The summed E-state index contributed by atoms with van der Waals surface area (Å²) in [6.45, 7) is 4.04. The quantitative estimate of drug-likeness (QED) is 0.684. The molecule has 2 aromatic rings. The molecule has 3 nitrogen and oxygen atoms in total. The number of aryl methyl sites for hydroxylation is 2. The summed E-state index contributed by atoms with van der Waals surface area (Å²) in [7, 11) is 1.57. The molecule has 0 saturated carbocycles. The summed E-state index contributed by atoms with van der Waals surface area (Å²) < 4.78 is 5.15. The van der Waals surface area contributed by atoms with Gasteiger partial charge >= 0.3 is 0 Å². The fourth-order valence-corrected chi connectivity index (χ4v) is 2.29. The number of rotatable bonds is 4. The zero-order chi connectivity index (χ0) is 14.7. The number of hydrogen-bond acceptors (Lipinski definition) is 3. The fraction of sp³-hybridized carbons (Fsp3) is 0.235. The first-order valence-corrected chi connectivity index (χ1v) is 6.54. The summed E-state index contributed by atoms with van der Waals surface area (Å²) in [4.78, 5) is 12.5. The Balaban J connectivity index is 2.33. The zero-order valence-electron chi connectivity index (χ0n) is 12.1. The van der Waals surface area contributed by atoms with Crippen molar-refractivity contribution in [1.82, 2.24) is 0 Å². The molecule has 0 heterocycles. The van der Waals surface area contributed by atoms with Crippen LogP contribution in [0.1, 0.15) is 27.0 Å². The lowest BCUT2D eigenvalue weighted by Crippen LogP contribution is -2.09. The molecule has 20 heavy (non-hydrogen) atoms. The van der Waals surface area contributed by atoms with Gasteiger partial charge in [0.15, 0.2) is 5.78 Å². The van der Waals surface area contributed by atoms with Crippen LogP contribution in [0.15, 0.2) is 36.4 Å². The van der Waals surface area contributed by atoms with Crippen molar-refractivity contribution >= 4 is 11.5 Å². The molecule has 0 aliphatic carbocycles. The van der Waals surface area contributed by atoms with Gasteiger partial charge in [-0.05, 0) is 48.7 Å². The number of Topliss-reactive ketones (excluding diaryl/α,β-unsaturated/α-hetero) is 1. The number of carbonyl (C=O) groups is 1. The van der Waals surface area contributed by atoms with Gasteiger partial charge in [-0.3, -0.25) is 4.79 Å². The number of nitrogens with two attached hydrogens (primary N) is 1. The third-order valence-electron chi connectivity index (χ3n) is 3.54. The first kappa shape index (κ1) is 14.1. The number of ketones is 1. The van der Waals surface area contributed by atoms with Crippen LogP contribution in [0.2, 0.25) is 0 Å². The lowest BCUT2D eigenvalue weighted by molar-refractivity contribution is 0.0993. The van der Waals surface area contributed by atoms with Crippen LogP contribution in [-0.2, 0) is 6.42 Å².